The summed E-state index contributed by atoms with van der Waals surface area (Å²) in [6.07, 6.45) is 3.36. The van der Waals surface area contributed by atoms with Crippen molar-refractivity contribution in [2.45, 2.75) is 26.2 Å². The first-order chi connectivity index (χ1) is 12.2. The molecule has 0 bridgehead atoms. The molecule has 1 atom stereocenters. The second kappa shape index (κ2) is 10.1. The van der Waals surface area contributed by atoms with E-state index in [1.807, 2.05) is 18.2 Å². The van der Waals surface area contributed by atoms with Crippen molar-refractivity contribution >= 4 is 5.96 Å². The lowest BCUT2D eigenvalue weighted by Gasteiger charge is -2.30. The first-order valence-corrected chi connectivity index (χ1v) is 9.13. The zero-order chi connectivity index (χ0) is 18.1. The maximum absolute atomic E-state index is 6.00. The van der Waals surface area contributed by atoms with Crippen LogP contribution in [0.3, 0.4) is 0 Å². The molecule has 0 amide bonds. The van der Waals surface area contributed by atoms with Gasteiger partial charge >= 0.3 is 0 Å². The Balaban J connectivity index is 1.75. The van der Waals surface area contributed by atoms with Crippen molar-refractivity contribution in [3.63, 3.8) is 0 Å². The van der Waals surface area contributed by atoms with Gasteiger partial charge in [0.25, 0.3) is 0 Å². The van der Waals surface area contributed by atoms with Crippen molar-refractivity contribution in [2.75, 3.05) is 46.9 Å². The molecule has 1 unspecified atom stereocenters. The zero-order valence-corrected chi connectivity index (χ0v) is 15.8. The number of nitrogens with two attached hydrogens (primary N) is 1. The third kappa shape index (κ3) is 6.12. The van der Waals surface area contributed by atoms with Gasteiger partial charge in [0.15, 0.2) is 17.5 Å². The molecule has 140 valence electrons. The fourth-order valence-corrected chi connectivity index (χ4v) is 3.24. The van der Waals surface area contributed by atoms with Crippen LogP contribution in [0.2, 0.25) is 0 Å². The highest BCUT2D eigenvalue weighted by molar-refractivity contribution is 5.77. The van der Waals surface area contributed by atoms with E-state index in [0.29, 0.717) is 11.9 Å². The fraction of sp³-hybridized carbons (Fsp3) is 0.632. The number of hydrogen-bond donors (Lipinski definition) is 2. The molecule has 1 fully saturated rings. The number of nitrogens with zero attached hydrogens (tertiary/aromatic N) is 2. The van der Waals surface area contributed by atoms with Crippen LogP contribution in [0.1, 0.15) is 25.3 Å². The Morgan fingerprint density at radius 2 is 2.12 bits per heavy atom. The number of aliphatic imine (C=N–C) groups is 1. The number of benzene rings is 1. The van der Waals surface area contributed by atoms with Gasteiger partial charge < -0.3 is 25.4 Å². The van der Waals surface area contributed by atoms with Crippen molar-refractivity contribution in [1.29, 1.82) is 0 Å². The molecule has 3 N–H and O–H groups in total. The van der Waals surface area contributed by atoms with Crippen molar-refractivity contribution in [3.05, 3.63) is 23.8 Å². The summed E-state index contributed by atoms with van der Waals surface area (Å²) in [5.74, 6) is 2.65. The summed E-state index contributed by atoms with van der Waals surface area (Å²) in [6.45, 7) is 7.26. The molecule has 0 radical (unpaired) electrons. The average molecular weight is 348 g/mol. The van der Waals surface area contributed by atoms with E-state index in [1.54, 1.807) is 14.2 Å². The van der Waals surface area contributed by atoms with E-state index < -0.39 is 0 Å². The molecule has 1 saturated heterocycles. The highest BCUT2D eigenvalue weighted by atomic mass is 16.5. The van der Waals surface area contributed by atoms with Crippen LogP contribution in [-0.4, -0.2) is 57.8 Å². The fourth-order valence-electron chi connectivity index (χ4n) is 3.24. The van der Waals surface area contributed by atoms with Gasteiger partial charge in [-0.25, -0.2) is 0 Å². The largest absolute Gasteiger partial charge is 0.493 e. The summed E-state index contributed by atoms with van der Waals surface area (Å²) in [7, 11) is 3.29. The molecule has 0 aromatic heterocycles. The summed E-state index contributed by atoms with van der Waals surface area (Å²) >= 11 is 0. The van der Waals surface area contributed by atoms with Crippen LogP contribution >= 0.6 is 0 Å². The van der Waals surface area contributed by atoms with E-state index in [0.717, 1.165) is 44.1 Å². The van der Waals surface area contributed by atoms with E-state index in [2.05, 4.69) is 22.1 Å². The van der Waals surface area contributed by atoms with E-state index in [1.165, 1.54) is 24.9 Å². The van der Waals surface area contributed by atoms with Crippen LogP contribution in [0.4, 0.5) is 0 Å². The Morgan fingerprint density at radius 3 is 2.84 bits per heavy atom. The summed E-state index contributed by atoms with van der Waals surface area (Å²) in [5, 5.41) is 3.20. The van der Waals surface area contributed by atoms with Crippen LogP contribution in [-0.2, 0) is 6.42 Å². The van der Waals surface area contributed by atoms with Crippen LogP contribution in [0, 0.1) is 5.92 Å². The van der Waals surface area contributed by atoms with Crippen LogP contribution < -0.4 is 20.5 Å². The van der Waals surface area contributed by atoms with Gasteiger partial charge in [0.1, 0.15) is 0 Å². The van der Waals surface area contributed by atoms with E-state index in [4.69, 9.17) is 15.2 Å². The lowest BCUT2D eigenvalue weighted by atomic mass is 9.98. The number of nitrogens with one attached hydrogen (secondary N) is 1. The van der Waals surface area contributed by atoms with Crippen molar-refractivity contribution in [1.82, 2.24) is 10.2 Å². The number of rotatable bonds is 8. The van der Waals surface area contributed by atoms with Gasteiger partial charge in [-0.2, -0.15) is 0 Å². The molecule has 6 nitrogen and oxygen atoms in total. The third-order valence-corrected chi connectivity index (χ3v) is 4.74. The third-order valence-electron chi connectivity index (χ3n) is 4.74. The maximum Gasteiger partial charge on any atom is 0.188 e. The Kier molecular flexibility index (Phi) is 7.85. The number of piperidine rings is 1. The minimum atomic E-state index is 0.536. The molecule has 1 aromatic carbocycles. The predicted octanol–water partition coefficient (Wildman–Crippen LogP) is 1.88. The molecule has 6 heteroatoms. The van der Waals surface area contributed by atoms with E-state index >= 15 is 0 Å². The monoisotopic (exact) mass is 348 g/mol. The molecule has 1 heterocycles. The number of ether oxygens (including phenoxy) is 2. The summed E-state index contributed by atoms with van der Waals surface area (Å²) in [6, 6.07) is 5.96. The predicted molar refractivity (Wildman–Crippen MR) is 103 cm³/mol. The minimum Gasteiger partial charge on any atom is -0.493 e. The van der Waals surface area contributed by atoms with Gasteiger partial charge in [0.05, 0.1) is 14.2 Å². The number of guanidine groups is 1. The second-order valence-electron chi connectivity index (χ2n) is 6.49. The number of hydrogen-bond acceptors (Lipinski definition) is 4. The Hall–Kier alpha value is -1.95. The molecule has 0 spiro atoms. The van der Waals surface area contributed by atoms with Gasteiger partial charge in [-0.15, -0.1) is 0 Å². The topological polar surface area (TPSA) is 72.1 Å². The average Bonchev–Trinajstić information content (AvgIpc) is 2.66. The maximum atomic E-state index is 6.00. The van der Waals surface area contributed by atoms with Gasteiger partial charge in [0.2, 0.25) is 0 Å². The SMILES string of the molecule is CCN1CCCC(CN=C(N)NCCc2ccc(OC)c(OC)c2)C1. The Bertz CT molecular complexity index is 562. The summed E-state index contributed by atoms with van der Waals surface area (Å²) in [5.41, 5.74) is 7.17. The highest BCUT2D eigenvalue weighted by Gasteiger charge is 2.18. The molecule has 2 rings (SSSR count). The van der Waals surface area contributed by atoms with E-state index in [-0.39, 0.29) is 0 Å². The first-order valence-electron chi connectivity index (χ1n) is 9.13. The number of methoxy groups -OCH3 is 2. The minimum absolute atomic E-state index is 0.536. The van der Waals surface area contributed by atoms with Gasteiger partial charge in [-0.05, 0) is 56.0 Å². The van der Waals surface area contributed by atoms with Crippen molar-refractivity contribution < 1.29 is 9.47 Å². The first kappa shape index (κ1) is 19.4. The molecule has 0 aliphatic carbocycles. The second-order valence-corrected chi connectivity index (χ2v) is 6.49. The smallest absolute Gasteiger partial charge is 0.188 e. The van der Waals surface area contributed by atoms with Crippen molar-refractivity contribution in [2.24, 2.45) is 16.6 Å². The van der Waals surface area contributed by atoms with Gasteiger partial charge in [-0.1, -0.05) is 13.0 Å². The van der Waals surface area contributed by atoms with E-state index in [9.17, 15) is 0 Å². The van der Waals surface area contributed by atoms with Crippen LogP contribution in [0.15, 0.2) is 23.2 Å². The van der Waals surface area contributed by atoms with Crippen molar-refractivity contribution in [3.8, 4) is 11.5 Å². The molecule has 0 saturated carbocycles. The Labute approximate surface area is 151 Å². The normalized spacial score (nSPS) is 18.8. The van der Waals surface area contributed by atoms with Gasteiger partial charge in [-0.3, -0.25) is 4.99 Å². The molecule has 1 aromatic rings. The molecule has 25 heavy (non-hydrogen) atoms. The summed E-state index contributed by atoms with van der Waals surface area (Å²) in [4.78, 5) is 7.01. The highest BCUT2D eigenvalue weighted by Crippen LogP contribution is 2.27. The standard InChI is InChI=1S/C19H32N4O2/c1-4-23-11-5-6-16(14-23)13-22-19(20)21-10-9-15-7-8-17(24-2)18(12-15)25-3/h7-8,12,16H,4-6,9-11,13-14H2,1-3H3,(H3,20,21,22). The van der Waals surface area contributed by atoms with Crippen LogP contribution in [0.25, 0.3) is 0 Å². The molecular formula is C19H32N4O2. The molecule has 1 aliphatic heterocycles. The quantitative estimate of drug-likeness (QED) is 0.554. The molecule has 1 aliphatic rings. The number of likely N-dealkylation sites (tertiary alicyclic amines) is 1. The molecular weight excluding hydrogens is 316 g/mol. The van der Waals surface area contributed by atoms with Crippen LogP contribution in [0.5, 0.6) is 11.5 Å². The van der Waals surface area contributed by atoms with Gasteiger partial charge in [0, 0.05) is 19.6 Å². The zero-order valence-electron chi connectivity index (χ0n) is 15.8. The lowest BCUT2D eigenvalue weighted by molar-refractivity contribution is 0.186. The lowest BCUT2D eigenvalue weighted by Crippen LogP contribution is -2.38. The summed E-state index contributed by atoms with van der Waals surface area (Å²) < 4.78 is 10.6. The Morgan fingerprint density at radius 1 is 1.32 bits per heavy atom.